The molecule has 3 aliphatic carbocycles. The van der Waals surface area contributed by atoms with Gasteiger partial charge in [-0.05, 0) is 61.5 Å². The highest BCUT2D eigenvalue weighted by molar-refractivity contribution is 7.89. The van der Waals surface area contributed by atoms with E-state index in [1.807, 2.05) is 0 Å². The van der Waals surface area contributed by atoms with Crippen LogP contribution in [0.2, 0.25) is 0 Å². The highest BCUT2D eigenvalue weighted by Gasteiger charge is 2.48. The van der Waals surface area contributed by atoms with Crippen molar-refractivity contribution in [1.82, 2.24) is 5.32 Å². The Morgan fingerprint density at radius 1 is 1.11 bits per heavy atom. The summed E-state index contributed by atoms with van der Waals surface area (Å²) in [7, 11) is -4.02. The number of anilines is 1. The Labute approximate surface area is 162 Å². The van der Waals surface area contributed by atoms with Crippen LogP contribution in [0, 0.1) is 20.9 Å². The molecule has 0 spiro atoms. The van der Waals surface area contributed by atoms with E-state index in [-0.39, 0.29) is 27.1 Å². The van der Waals surface area contributed by atoms with Crippen LogP contribution in [-0.2, 0) is 10.0 Å². The van der Waals surface area contributed by atoms with Gasteiger partial charge < -0.3 is 20.5 Å². The van der Waals surface area contributed by atoms with E-state index in [2.05, 4.69) is 10.6 Å². The number of carbonyl (C=O) groups excluding carboxylic acids is 1. The summed E-state index contributed by atoms with van der Waals surface area (Å²) >= 11 is 0. The molecule has 11 heteroatoms. The summed E-state index contributed by atoms with van der Waals surface area (Å²) in [5.41, 5.74) is -0.101. The molecular formula is C17H23N4O6S-. The minimum atomic E-state index is -4.02. The number of primary sulfonamides is 1. The third-order valence-corrected chi connectivity index (χ3v) is 7.22. The van der Waals surface area contributed by atoms with Gasteiger partial charge >= 0.3 is 0 Å². The first-order chi connectivity index (χ1) is 13.0. The maximum absolute atomic E-state index is 11.4. The number of nitrogens with one attached hydrogen (secondary N) is 2. The lowest BCUT2D eigenvalue weighted by atomic mass is 9.53. The van der Waals surface area contributed by atoms with Crippen LogP contribution in [0.5, 0.6) is 0 Å². The molecule has 3 aliphatic rings. The monoisotopic (exact) mass is 411 g/mol. The van der Waals surface area contributed by atoms with E-state index in [9.17, 15) is 28.4 Å². The zero-order valence-corrected chi connectivity index (χ0v) is 16.1. The van der Waals surface area contributed by atoms with Gasteiger partial charge in [0.1, 0.15) is 11.8 Å². The van der Waals surface area contributed by atoms with Gasteiger partial charge in [0, 0.05) is 19.2 Å². The third-order valence-electron chi connectivity index (χ3n) is 6.31. The van der Waals surface area contributed by atoms with E-state index < -0.39 is 21.0 Å². The number of nitrogens with two attached hydrogens (primary N) is 1. The van der Waals surface area contributed by atoms with Crippen LogP contribution in [0.1, 0.15) is 38.5 Å². The Morgan fingerprint density at radius 2 is 1.64 bits per heavy atom. The molecule has 3 saturated carbocycles. The summed E-state index contributed by atoms with van der Waals surface area (Å²) in [6, 6.07) is 3.59. The van der Waals surface area contributed by atoms with Gasteiger partial charge in [-0.1, -0.05) is 0 Å². The second-order valence-corrected chi connectivity index (χ2v) is 9.54. The number of carbonyl (C=O) groups is 1. The van der Waals surface area contributed by atoms with Gasteiger partial charge in [-0.2, -0.15) is 0 Å². The Kier molecular flexibility index (Phi) is 5.24. The summed E-state index contributed by atoms with van der Waals surface area (Å²) in [5.74, 6) is 0. The first-order valence-electron chi connectivity index (χ1n) is 9.04. The second-order valence-electron chi connectivity index (χ2n) is 7.98. The summed E-state index contributed by atoms with van der Waals surface area (Å²) in [4.78, 5) is 21.1. The average molecular weight is 411 g/mol. The van der Waals surface area contributed by atoms with Crippen LogP contribution >= 0.6 is 0 Å². The Bertz CT molecular complexity index is 876. The predicted molar refractivity (Wildman–Crippen MR) is 98.9 cm³/mol. The molecule has 28 heavy (non-hydrogen) atoms. The average Bonchev–Trinajstić information content (AvgIpc) is 2.65. The standard InChI is InChI=1S/C17H24N4O6S/c18-28(26,27)12-1-2-13(14(9-12)21(24)25)19-10-16-3-6-17(7-4-16,8-5-16)11-20-15(22)23/h1-2,9,19-20H,3-8,10-11H2,(H,22,23)(H2,18,26,27)/p-1. The Morgan fingerprint density at radius 3 is 2.11 bits per heavy atom. The number of hydrogen-bond acceptors (Lipinski definition) is 7. The largest absolute Gasteiger partial charge is 0.530 e. The number of hydrogen-bond donors (Lipinski definition) is 3. The molecule has 0 aliphatic heterocycles. The smallest absolute Gasteiger partial charge is 0.293 e. The summed E-state index contributed by atoms with van der Waals surface area (Å²) in [6.45, 7) is 0.936. The quantitative estimate of drug-likeness (QED) is 0.443. The van der Waals surface area contributed by atoms with Gasteiger partial charge in [-0.15, -0.1) is 0 Å². The van der Waals surface area contributed by atoms with E-state index in [0.29, 0.717) is 13.1 Å². The molecule has 4 N–H and O–H groups in total. The van der Waals surface area contributed by atoms with Crippen molar-refractivity contribution in [2.24, 2.45) is 16.0 Å². The molecule has 1 amide bonds. The number of nitrogens with zero attached hydrogens (tertiary/aromatic N) is 1. The highest BCUT2D eigenvalue weighted by atomic mass is 32.2. The lowest BCUT2D eigenvalue weighted by molar-refractivity contribution is -0.384. The van der Waals surface area contributed by atoms with Crippen molar-refractivity contribution in [1.29, 1.82) is 0 Å². The third kappa shape index (κ3) is 4.20. The van der Waals surface area contributed by atoms with Crippen LogP contribution in [0.3, 0.4) is 0 Å². The van der Waals surface area contributed by atoms with Crippen LogP contribution in [0.25, 0.3) is 0 Å². The molecular weight excluding hydrogens is 388 g/mol. The fourth-order valence-corrected chi connectivity index (χ4v) is 4.94. The van der Waals surface area contributed by atoms with E-state index in [0.717, 1.165) is 44.6 Å². The van der Waals surface area contributed by atoms with E-state index >= 15 is 0 Å². The normalized spacial score (nSPS) is 26.6. The topological polar surface area (TPSA) is 167 Å². The number of amides is 1. The molecule has 2 bridgehead atoms. The maximum Gasteiger partial charge on any atom is 0.293 e. The van der Waals surface area contributed by atoms with E-state index in [1.54, 1.807) is 0 Å². The molecule has 0 unspecified atom stereocenters. The molecule has 4 rings (SSSR count). The first kappa shape index (κ1) is 20.3. The number of rotatable bonds is 7. The van der Waals surface area contributed by atoms with Crippen LogP contribution < -0.4 is 20.9 Å². The molecule has 0 radical (unpaired) electrons. The number of carboxylic acid groups (broad SMARTS) is 1. The van der Waals surface area contributed by atoms with E-state index in [1.165, 1.54) is 12.1 Å². The van der Waals surface area contributed by atoms with Crippen molar-refractivity contribution in [3.63, 3.8) is 0 Å². The van der Waals surface area contributed by atoms with Crippen LogP contribution in [0.4, 0.5) is 16.2 Å². The van der Waals surface area contributed by atoms with Crippen LogP contribution in [-0.4, -0.2) is 32.5 Å². The van der Waals surface area contributed by atoms with Crippen LogP contribution in [0.15, 0.2) is 23.1 Å². The molecule has 1 aromatic carbocycles. The van der Waals surface area contributed by atoms with Gasteiger partial charge in [0.2, 0.25) is 10.0 Å². The molecule has 0 atom stereocenters. The number of nitro benzene ring substituents is 1. The fraction of sp³-hybridized carbons (Fsp3) is 0.588. The first-order valence-corrected chi connectivity index (χ1v) is 10.6. The second kappa shape index (κ2) is 7.21. The molecule has 0 aromatic heterocycles. The Balaban J connectivity index is 1.69. The van der Waals surface area contributed by atoms with Crippen molar-refractivity contribution in [3.8, 4) is 0 Å². The summed E-state index contributed by atoms with van der Waals surface area (Å²) in [6.07, 6.45) is 4.12. The minimum absolute atomic E-state index is 0.00426. The Hall–Kier alpha value is -2.40. The fourth-order valence-electron chi connectivity index (χ4n) is 4.40. The van der Waals surface area contributed by atoms with Gasteiger partial charge in [-0.25, -0.2) is 13.6 Å². The van der Waals surface area contributed by atoms with Crippen molar-refractivity contribution >= 4 is 27.5 Å². The van der Waals surface area contributed by atoms with Gasteiger partial charge in [0.15, 0.2) is 0 Å². The zero-order valence-electron chi connectivity index (χ0n) is 15.3. The lowest BCUT2D eigenvalue weighted by Crippen LogP contribution is -2.51. The van der Waals surface area contributed by atoms with Crippen molar-refractivity contribution in [2.75, 3.05) is 18.4 Å². The molecule has 1 aromatic rings. The van der Waals surface area contributed by atoms with Gasteiger partial charge in [0.25, 0.3) is 5.69 Å². The van der Waals surface area contributed by atoms with E-state index in [4.69, 9.17) is 5.14 Å². The van der Waals surface area contributed by atoms with Gasteiger partial charge in [0.05, 0.1) is 9.82 Å². The maximum atomic E-state index is 11.4. The molecule has 0 heterocycles. The molecule has 3 fully saturated rings. The molecule has 154 valence electrons. The van der Waals surface area contributed by atoms with Crippen molar-refractivity contribution in [2.45, 2.75) is 43.4 Å². The number of sulfonamides is 1. The van der Waals surface area contributed by atoms with Gasteiger partial charge in [-0.3, -0.25) is 10.1 Å². The van der Waals surface area contributed by atoms with Crippen molar-refractivity contribution < 1.29 is 23.2 Å². The summed E-state index contributed by atoms with van der Waals surface area (Å²) < 4.78 is 22.9. The lowest BCUT2D eigenvalue weighted by Gasteiger charge is -2.53. The predicted octanol–water partition coefficient (Wildman–Crippen LogP) is 0.928. The SMILES string of the molecule is NS(=O)(=O)c1ccc(NCC23CCC(CNC(=O)[O-])(CC2)CC3)c([N+](=O)[O-])c1. The molecule has 0 saturated heterocycles. The number of benzene rings is 1. The minimum Gasteiger partial charge on any atom is -0.530 e. The summed E-state index contributed by atoms with van der Waals surface area (Å²) in [5, 5.41) is 32.6. The number of nitro groups is 1. The zero-order chi connectivity index (χ0) is 20.6. The molecule has 10 nitrogen and oxygen atoms in total. The number of fused-ring (bicyclic) bond motifs is 3. The van der Waals surface area contributed by atoms with Crippen molar-refractivity contribution in [3.05, 3.63) is 28.3 Å². The highest BCUT2D eigenvalue weighted by Crippen LogP contribution is 2.56.